The van der Waals surface area contributed by atoms with Crippen molar-refractivity contribution in [3.63, 3.8) is 0 Å². The van der Waals surface area contributed by atoms with Gasteiger partial charge in [0.2, 0.25) is 5.91 Å². The molecule has 1 fully saturated rings. The Morgan fingerprint density at radius 1 is 1.64 bits per heavy atom. The first-order valence-electron chi connectivity index (χ1n) is 4.91. The number of amides is 1. The Kier molecular flexibility index (Phi) is 3.88. The topological polar surface area (TPSA) is 78.4 Å². The van der Waals surface area contributed by atoms with E-state index in [9.17, 15) is 9.59 Å². The molecule has 0 radical (unpaired) electrons. The first-order valence-corrected chi connectivity index (χ1v) is 4.91. The number of carbonyl (C=O) groups is 2. The lowest BCUT2D eigenvalue weighted by atomic mass is 10.2. The van der Waals surface area contributed by atoms with Crippen LogP contribution in [0.3, 0.4) is 0 Å². The summed E-state index contributed by atoms with van der Waals surface area (Å²) < 4.78 is 0. The SMILES string of the molecule is CCC(NC(=O)C1CCCN1)C(=O)O. The number of hydrogen-bond donors (Lipinski definition) is 3. The normalized spacial score (nSPS) is 23.1. The number of nitrogens with one attached hydrogen (secondary N) is 2. The van der Waals surface area contributed by atoms with Gasteiger partial charge in [0.05, 0.1) is 6.04 Å². The van der Waals surface area contributed by atoms with Crippen LogP contribution in [0.2, 0.25) is 0 Å². The second-order valence-corrected chi connectivity index (χ2v) is 3.46. The number of carboxylic acids is 1. The van der Waals surface area contributed by atoms with Crippen LogP contribution in [-0.2, 0) is 9.59 Å². The number of hydrogen-bond acceptors (Lipinski definition) is 3. The predicted octanol–water partition coefficient (Wildman–Crippen LogP) is -0.282. The summed E-state index contributed by atoms with van der Waals surface area (Å²) in [6.07, 6.45) is 2.18. The van der Waals surface area contributed by atoms with Gasteiger partial charge in [-0.05, 0) is 25.8 Å². The third-order valence-corrected chi connectivity index (χ3v) is 2.40. The molecule has 0 aromatic carbocycles. The van der Waals surface area contributed by atoms with Gasteiger partial charge in [-0.2, -0.15) is 0 Å². The van der Waals surface area contributed by atoms with E-state index in [-0.39, 0.29) is 11.9 Å². The Morgan fingerprint density at radius 2 is 2.36 bits per heavy atom. The van der Waals surface area contributed by atoms with Crippen LogP contribution < -0.4 is 10.6 Å². The van der Waals surface area contributed by atoms with Crippen LogP contribution in [-0.4, -0.2) is 35.6 Å². The minimum atomic E-state index is -0.973. The van der Waals surface area contributed by atoms with Crippen LogP contribution in [0.1, 0.15) is 26.2 Å². The van der Waals surface area contributed by atoms with Gasteiger partial charge in [-0.15, -0.1) is 0 Å². The minimum Gasteiger partial charge on any atom is -0.480 e. The molecule has 5 heteroatoms. The standard InChI is InChI=1S/C9H16N2O3/c1-2-6(9(13)14)11-8(12)7-4-3-5-10-7/h6-7,10H,2-5H2,1H3,(H,11,12)(H,13,14). The van der Waals surface area contributed by atoms with Gasteiger partial charge in [0, 0.05) is 0 Å². The van der Waals surface area contributed by atoms with E-state index in [0.717, 1.165) is 19.4 Å². The maximum atomic E-state index is 11.5. The highest BCUT2D eigenvalue weighted by Gasteiger charge is 2.25. The first kappa shape index (κ1) is 11.0. The lowest BCUT2D eigenvalue weighted by molar-refractivity contribution is -0.142. The quantitative estimate of drug-likeness (QED) is 0.583. The molecule has 0 saturated carbocycles. The molecular weight excluding hydrogens is 184 g/mol. The minimum absolute atomic E-state index is 0.197. The molecule has 0 bridgehead atoms. The molecule has 0 aliphatic carbocycles. The summed E-state index contributed by atoms with van der Waals surface area (Å²) in [6.45, 7) is 2.57. The van der Waals surface area contributed by atoms with Crippen LogP contribution in [0.4, 0.5) is 0 Å². The Bertz CT molecular complexity index is 224. The molecule has 80 valence electrons. The largest absolute Gasteiger partial charge is 0.480 e. The van der Waals surface area contributed by atoms with Gasteiger partial charge in [0.1, 0.15) is 6.04 Å². The summed E-state index contributed by atoms with van der Waals surface area (Å²) in [7, 11) is 0. The van der Waals surface area contributed by atoms with Gasteiger partial charge in [-0.1, -0.05) is 6.92 Å². The van der Waals surface area contributed by atoms with Crippen molar-refractivity contribution in [2.24, 2.45) is 0 Å². The van der Waals surface area contributed by atoms with E-state index in [4.69, 9.17) is 5.11 Å². The highest BCUT2D eigenvalue weighted by atomic mass is 16.4. The van der Waals surface area contributed by atoms with Crippen molar-refractivity contribution in [3.8, 4) is 0 Å². The highest BCUT2D eigenvalue weighted by Crippen LogP contribution is 2.05. The summed E-state index contributed by atoms with van der Waals surface area (Å²) in [4.78, 5) is 22.1. The number of rotatable bonds is 4. The molecule has 1 aliphatic rings. The summed E-state index contributed by atoms with van der Waals surface area (Å²) in [5, 5.41) is 14.3. The van der Waals surface area contributed by atoms with Crippen LogP contribution in [0.15, 0.2) is 0 Å². The van der Waals surface area contributed by atoms with E-state index >= 15 is 0 Å². The van der Waals surface area contributed by atoms with Crippen molar-refractivity contribution in [3.05, 3.63) is 0 Å². The maximum Gasteiger partial charge on any atom is 0.326 e. The molecule has 1 amide bonds. The van der Waals surface area contributed by atoms with Gasteiger partial charge < -0.3 is 15.7 Å². The molecule has 0 aromatic heterocycles. The molecule has 1 saturated heterocycles. The zero-order valence-corrected chi connectivity index (χ0v) is 8.25. The second kappa shape index (κ2) is 4.95. The molecule has 5 nitrogen and oxygen atoms in total. The van der Waals surface area contributed by atoms with E-state index < -0.39 is 12.0 Å². The summed E-state index contributed by atoms with van der Waals surface area (Å²) in [5.74, 6) is -1.17. The van der Waals surface area contributed by atoms with Gasteiger partial charge in [-0.3, -0.25) is 4.79 Å². The van der Waals surface area contributed by atoms with Crippen molar-refractivity contribution in [2.75, 3.05) is 6.54 Å². The maximum absolute atomic E-state index is 11.5. The lowest BCUT2D eigenvalue weighted by Crippen LogP contribution is -2.47. The number of aliphatic carboxylic acids is 1. The molecular formula is C9H16N2O3. The molecule has 1 heterocycles. The van der Waals surface area contributed by atoms with E-state index in [2.05, 4.69) is 10.6 Å². The van der Waals surface area contributed by atoms with Crippen LogP contribution >= 0.6 is 0 Å². The average Bonchev–Trinajstić information content (AvgIpc) is 2.65. The third kappa shape index (κ3) is 2.70. The van der Waals surface area contributed by atoms with Gasteiger partial charge >= 0.3 is 5.97 Å². The average molecular weight is 200 g/mol. The van der Waals surface area contributed by atoms with Gasteiger partial charge in [0.25, 0.3) is 0 Å². The fraction of sp³-hybridized carbons (Fsp3) is 0.778. The van der Waals surface area contributed by atoms with Gasteiger partial charge in [0.15, 0.2) is 0 Å². The third-order valence-electron chi connectivity index (χ3n) is 2.40. The van der Waals surface area contributed by atoms with Crippen LogP contribution in [0.25, 0.3) is 0 Å². The zero-order chi connectivity index (χ0) is 10.6. The molecule has 3 N–H and O–H groups in total. The smallest absolute Gasteiger partial charge is 0.326 e. The fourth-order valence-corrected chi connectivity index (χ4v) is 1.52. The number of carboxylic acid groups (broad SMARTS) is 1. The molecule has 1 rings (SSSR count). The van der Waals surface area contributed by atoms with E-state index in [1.165, 1.54) is 0 Å². The highest BCUT2D eigenvalue weighted by molar-refractivity contribution is 5.87. The Balaban J connectivity index is 2.41. The Morgan fingerprint density at radius 3 is 2.79 bits per heavy atom. The molecule has 0 aromatic rings. The van der Waals surface area contributed by atoms with Crippen molar-refractivity contribution >= 4 is 11.9 Å². The molecule has 0 spiro atoms. The summed E-state index contributed by atoms with van der Waals surface area (Å²) in [6, 6.07) is -0.965. The molecule has 2 unspecified atom stereocenters. The van der Waals surface area contributed by atoms with Crippen LogP contribution in [0.5, 0.6) is 0 Å². The molecule has 2 atom stereocenters. The first-order chi connectivity index (χ1) is 6.65. The lowest BCUT2D eigenvalue weighted by Gasteiger charge is -2.15. The monoisotopic (exact) mass is 200 g/mol. The van der Waals surface area contributed by atoms with Crippen molar-refractivity contribution in [1.82, 2.24) is 10.6 Å². The second-order valence-electron chi connectivity index (χ2n) is 3.46. The zero-order valence-electron chi connectivity index (χ0n) is 8.25. The van der Waals surface area contributed by atoms with E-state index in [1.807, 2.05) is 0 Å². The molecule has 1 aliphatic heterocycles. The number of carbonyl (C=O) groups excluding carboxylic acids is 1. The molecule has 14 heavy (non-hydrogen) atoms. The van der Waals surface area contributed by atoms with E-state index in [0.29, 0.717) is 6.42 Å². The van der Waals surface area contributed by atoms with E-state index in [1.54, 1.807) is 6.92 Å². The summed E-state index contributed by atoms with van der Waals surface area (Å²) >= 11 is 0. The van der Waals surface area contributed by atoms with Crippen molar-refractivity contribution < 1.29 is 14.7 Å². The summed E-state index contributed by atoms with van der Waals surface area (Å²) in [5.41, 5.74) is 0. The predicted molar refractivity (Wildman–Crippen MR) is 50.9 cm³/mol. The van der Waals surface area contributed by atoms with Gasteiger partial charge in [-0.25, -0.2) is 4.79 Å². The Labute approximate surface area is 82.9 Å². The Hall–Kier alpha value is -1.10. The fourth-order valence-electron chi connectivity index (χ4n) is 1.52. The van der Waals surface area contributed by atoms with Crippen molar-refractivity contribution in [1.29, 1.82) is 0 Å². The van der Waals surface area contributed by atoms with Crippen molar-refractivity contribution in [2.45, 2.75) is 38.3 Å². The van der Waals surface area contributed by atoms with Crippen LogP contribution in [0, 0.1) is 0 Å².